The maximum atomic E-state index is 11.1. The van der Waals surface area contributed by atoms with E-state index in [1.54, 1.807) is 23.5 Å². The van der Waals surface area contributed by atoms with Gasteiger partial charge in [-0.25, -0.2) is 13.4 Å². The molecule has 0 radical (unpaired) electrons. The molecular formula is C13H17N3O2S2. The normalized spacial score (nSPS) is 11.3. The van der Waals surface area contributed by atoms with Crippen LogP contribution in [0.4, 0.5) is 11.4 Å². The van der Waals surface area contributed by atoms with E-state index in [4.69, 9.17) is 0 Å². The molecular weight excluding hydrogens is 294 g/mol. The highest BCUT2D eigenvalue weighted by molar-refractivity contribution is 7.92. The van der Waals surface area contributed by atoms with Gasteiger partial charge in [0, 0.05) is 22.4 Å². The number of nitrogens with zero attached hydrogens (tertiary/aromatic N) is 1. The Hall–Kier alpha value is -1.60. The van der Waals surface area contributed by atoms with Gasteiger partial charge in [0.15, 0.2) is 0 Å². The van der Waals surface area contributed by atoms with E-state index >= 15 is 0 Å². The number of nitrogens with one attached hydrogen (secondary N) is 2. The summed E-state index contributed by atoms with van der Waals surface area (Å²) in [6.45, 7) is 2.81. The van der Waals surface area contributed by atoms with Crippen LogP contribution in [0.3, 0.4) is 0 Å². The quantitative estimate of drug-likeness (QED) is 0.860. The van der Waals surface area contributed by atoms with Crippen molar-refractivity contribution in [1.29, 1.82) is 0 Å². The fourth-order valence-electron chi connectivity index (χ4n) is 1.65. The van der Waals surface area contributed by atoms with Crippen molar-refractivity contribution in [3.8, 4) is 0 Å². The highest BCUT2D eigenvalue weighted by atomic mass is 32.2. The van der Waals surface area contributed by atoms with E-state index in [9.17, 15) is 8.42 Å². The second-order valence-electron chi connectivity index (χ2n) is 4.38. The summed E-state index contributed by atoms with van der Waals surface area (Å²) in [6.07, 6.45) is 3.97. The molecule has 2 N–H and O–H groups in total. The highest BCUT2D eigenvalue weighted by Gasteiger charge is 2.02. The highest BCUT2D eigenvalue weighted by Crippen LogP contribution is 2.18. The Morgan fingerprint density at radius 3 is 2.40 bits per heavy atom. The summed E-state index contributed by atoms with van der Waals surface area (Å²) >= 11 is 1.70. The fraction of sp³-hybridized carbons (Fsp3) is 0.308. The van der Waals surface area contributed by atoms with E-state index in [2.05, 4.69) is 21.9 Å². The largest absolute Gasteiger partial charge is 0.380 e. The van der Waals surface area contributed by atoms with Crippen molar-refractivity contribution in [1.82, 2.24) is 4.98 Å². The molecule has 0 aliphatic rings. The Kier molecular flexibility index (Phi) is 4.61. The monoisotopic (exact) mass is 311 g/mol. The van der Waals surface area contributed by atoms with Crippen LogP contribution in [0.25, 0.3) is 0 Å². The van der Waals surface area contributed by atoms with Crippen molar-refractivity contribution in [2.24, 2.45) is 0 Å². The van der Waals surface area contributed by atoms with Crippen LogP contribution in [-0.4, -0.2) is 19.7 Å². The molecule has 1 aromatic carbocycles. The van der Waals surface area contributed by atoms with Crippen molar-refractivity contribution in [3.05, 3.63) is 40.3 Å². The van der Waals surface area contributed by atoms with E-state index in [-0.39, 0.29) is 0 Å². The van der Waals surface area contributed by atoms with Crippen molar-refractivity contribution in [2.75, 3.05) is 16.3 Å². The van der Waals surface area contributed by atoms with Crippen LogP contribution < -0.4 is 10.0 Å². The van der Waals surface area contributed by atoms with Crippen molar-refractivity contribution in [3.63, 3.8) is 0 Å². The van der Waals surface area contributed by atoms with Gasteiger partial charge in [-0.1, -0.05) is 6.92 Å². The lowest BCUT2D eigenvalue weighted by molar-refractivity contribution is 0.607. The van der Waals surface area contributed by atoms with Gasteiger partial charge in [-0.05, 0) is 30.7 Å². The SMILES string of the molecule is CCc1ncc(CNc2ccc(NS(C)(=O)=O)cc2)s1. The zero-order valence-corrected chi connectivity index (χ0v) is 13.0. The number of aryl methyl sites for hydroxylation is 1. The molecule has 108 valence electrons. The van der Waals surface area contributed by atoms with Gasteiger partial charge in [-0.15, -0.1) is 11.3 Å². The molecule has 0 bridgehead atoms. The van der Waals surface area contributed by atoms with E-state index in [1.807, 2.05) is 18.3 Å². The average Bonchev–Trinajstić information content (AvgIpc) is 2.84. The predicted molar refractivity (Wildman–Crippen MR) is 83.7 cm³/mol. The molecule has 0 aliphatic carbocycles. The third kappa shape index (κ3) is 4.50. The number of aromatic nitrogens is 1. The summed E-state index contributed by atoms with van der Waals surface area (Å²) in [5.41, 5.74) is 1.50. The van der Waals surface area contributed by atoms with Crippen LogP contribution >= 0.6 is 11.3 Å². The minimum atomic E-state index is -3.22. The van der Waals surface area contributed by atoms with Crippen molar-refractivity contribution in [2.45, 2.75) is 19.9 Å². The smallest absolute Gasteiger partial charge is 0.229 e. The van der Waals surface area contributed by atoms with Gasteiger partial charge in [0.25, 0.3) is 0 Å². The lowest BCUT2D eigenvalue weighted by Gasteiger charge is -2.07. The predicted octanol–water partition coefficient (Wildman–Crippen LogP) is 2.69. The van der Waals surface area contributed by atoms with Gasteiger partial charge < -0.3 is 5.32 Å². The molecule has 0 saturated heterocycles. The first kappa shape index (κ1) is 14.8. The van der Waals surface area contributed by atoms with Crippen LogP contribution in [0.1, 0.15) is 16.8 Å². The molecule has 2 rings (SSSR count). The molecule has 0 spiro atoms. The van der Waals surface area contributed by atoms with Crippen LogP contribution in [0.15, 0.2) is 30.5 Å². The summed E-state index contributed by atoms with van der Waals surface area (Å²) < 4.78 is 24.6. The number of anilines is 2. The second kappa shape index (κ2) is 6.23. The molecule has 20 heavy (non-hydrogen) atoms. The summed E-state index contributed by atoms with van der Waals surface area (Å²) in [7, 11) is -3.22. The zero-order chi connectivity index (χ0) is 14.6. The Labute approximate surface area is 123 Å². The Morgan fingerprint density at radius 1 is 1.20 bits per heavy atom. The zero-order valence-electron chi connectivity index (χ0n) is 11.4. The number of thiazole rings is 1. The van der Waals surface area contributed by atoms with Gasteiger partial charge in [-0.3, -0.25) is 4.72 Å². The molecule has 7 heteroatoms. The first-order chi connectivity index (χ1) is 9.46. The summed E-state index contributed by atoms with van der Waals surface area (Å²) in [5, 5.41) is 4.42. The van der Waals surface area contributed by atoms with Crippen LogP contribution in [0.2, 0.25) is 0 Å². The van der Waals surface area contributed by atoms with E-state index in [1.165, 1.54) is 4.88 Å². The van der Waals surface area contributed by atoms with E-state index in [0.717, 1.165) is 29.9 Å². The van der Waals surface area contributed by atoms with Gasteiger partial charge in [0.05, 0.1) is 17.8 Å². The standard InChI is InChI=1S/C13H17N3O2S2/c1-3-13-15-9-12(19-13)8-14-10-4-6-11(7-5-10)16-20(2,17)18/h4-7,9,14,16H,3,8H2,1-2H3. The first-order valence-electron chi connectivity index (χ1n) is 6.21. The molecule has 1 aromatic heterocycles. The molecule has 0 atom stereocenters. The van der Waals surface area contributed by atoms with E-state index < -0.39 is 10.0 Å². The Bertz CT molecular complexity index is 663. The van der Waals surface area contributed by atoms with Crippen LogP contribution in [0, 0.1) is 0 Å². The van der Waals surface area contributed by atoms with E-state index in [0.29, 0.717) is 5.69 Å². The molecule has 0 aliphatic heterocycles. The molecule has 5 nitrogen and oxygen atoms in total. The second-order valence-corrected chi connectivity index (χ2v) is 7.33. The summed E-state index contributed by atoms with van der Waals surface area (Å²) in [6, 6.07) is 7.14. The molecule has 2 aromatic rings. The summed E-state index contributed by atoms with van der Waals surface area (Å²) in [4.78, 5) is 5.48. The maximum Gasteiger partial charge on any atom is 0.229 e. The van der Waals surface area contributed by atoms with Gasteiger partial charge in [-0.2, -0.15) is 0 Å². The number of hydrogen-bond donors (Lipinski definition) is 2. The molecule has 0 amide bonds. The minimum Gasteiger partial charge on any atom is -0.380 e. The van der Waals surface area contributed by atoms with Crippen molar-refractivity contribution < 1.29 is 8.42 Å². The lowest BCUT2D eigenvalue weighted by Crippen LogP contribution is -2.09. The number of sulfonamides is 1. The van der Waals surface area contributed by atoms with Crippen LogP contribution in [0.5, 0.6) is 0 Å². The molecule has 0 fully saturated rings. The van der Waals surface area contributed by atoms with Crippen molar-refractivity contribution >= 4 is 32.7 Å². The number of benzene rings is 1. The third-order valence-corrected chi connectivity index (χ3v) is 4.31. The molecule has 0 unspecified atom stereocenters. The van der Waals surface area contributed by atoms with Crippen LogP contribution in [-0.2, 0) is 23.0 Å². The number of hydrogen-bond acceptors (Lipinski definition) is 5. The first-order valence-corrected chi connectivity index (χ1v) is 8.92. The Morgan fingerprint density at radius 2 is 1.85 bits per heavy atom. The van der Waals surface area contributed by atoms with Gasteiger partial charge >= 0.3 is 0 Å². The lowest BCUT2D eigenvalue weighted by atomic mass is 10.3. The number of rotatable bonds is 6. The third-order valence-electron chi connectivity index (χ3n) is 2.56. The molecule has 1 heterocycles. The Balaban J connectivity index is 1.93. The molecule has 0 saturated carbocycles. The maximum absolute atomic E-state index is 11.1. The minimum absolute atomic E-state index is 0.559. The van der Waals surface area contributed by atoms with Gasteiger partial charge in [0.2, 0.25) is 10.0 Å². The summed E-state index contributed by atoms with van der Waals surface area (Å²) in [5.74, 6) is 0. The topological polar surface area (TPSA) is 71.1 Å². The fourth-order valence-corrected chi connectivity index (χ4v) is 3.02. The van der Waals surface area contributed by atoms with Gasteiger partial charge in [0.1, 0.15) is 0 Å². The average molecular weight is 311 g/mol.